The predicted octanol–water partition coefficient (Wildman–Crippen LogP) is 1.23. The molecule has 84 valence electrons. The first kappa shape index (κ1) is 13.2. The number of carbonyl (C=O) groups is 1. The van der Waals surface area contributed by atoms with Crippen molar-refractivity contribution in [1.82, 2.24) is 5.32 Å². The van der Waals surface area contributed by atoms with Gasteiger partial charge in [0.05, 0.1) is 6.04 Å². The Balaban J connectivity index is 3.91. The van der Waals surface area contributed by atoms with Gasteiger partial charge >= 0.3 is 6.09 Å². The maximum Gasteiger partial charge on any atom is 0.407 e. The fraction of sp³-hybridized carbons (Fsp3) is 0.889. The summed E-state index contributed by atoms with van der Waals surface area (Å²) in [5.74, 6) is 0. The van der Waals surface area contributed by atoms with Crippen LogP contribution in [0.3, 0.4) is 0 Å². The van der Waals surface area contributed by atoms with Crippen LogP contribution < -0.4 is 5.32 Å². The molecule has 0 unspecified atom stereocenters. The second-order valence-electron chi connectivity index (χ2n) is 4.01. The van der Waals surface area contributed by atoms with Crippen molar-refractivity contribution in [3.63, 3.8) is 0 Å². The molecule has 0 rings (SSSR count). The molecule has 0 aromatic heterocycles. The third kappa shape index (κ3) is 6.65. The highest BCUT2D eigenvalue weighted by atomic mass is 19.1. The molecule has 4 nitrogen and oxygen atoms in total. The maximum atomic E-state index is 12.3. The monoisotopic (exact) mass is 207 g/mol. The van der Waals surface area contributed by atoms with Crippen LogP contribution in [0.4, 0.5) is 9.18 Å². The average Bonchev–Trinajstić information content (AvgIpc) is 2.00. The van der Waals surface area contributed by atoms with E-state index in [0.717, 1.165) is 0 Å². The summed E-state index contributed by atoms with van der Waals surface area (Å²) < 4.78 is 17.2. The van der Waals surface area contributed by atoms with E-state index in [1.54, 1.807) is 20.8 Å². The van der Waals surface area contributed by atoms with Gasteiger partial charge in [-0.2, -0.15) is 0 Å². The Kier molecular flexibility index (Phi) is 5.45. The molecule has 1 amide bonds. The summed E-state index contributed by atoms with van der Waals surface area (Å²) in [6.45, 7) is 4.30. The first-order valence-corrected chi connectivity index (χ1v) is 4.55. The molecule has 0 heterocycles. The van der Waals surface area contributed by atoms with Crippen LogP contribution >= 0.6 is 0 Å². The van der Waals surface area contributed by atoms with E-state index < -0.39 is 24.4 Å². The van der Waals surface area contributed by atoms with Gasteiger partial charge in [-0.3, -0.25) is 0 Å². The number of carbonyl (C=O) groups excluding carboxylic acids is 1. The number of hydrogen-bond acceptors (Lipinski definition) is 3. The van der Waals surface area contributed by atoms with E-state index in [2.05, 4.69) is 5.32 Å². The lowest BCUT2D eigenvalue weighted by Gasteiger charge is -2.22. The summed E-state index contributed by atoms with van der Waals surface area (Å²) in [4.78, 5) is 11.1. The zero-order valence-electron chi connectivity index (χ0n) is 8.84. The Morgan fingerprint density at radius 1 is 1.57 bits per heavy atom. The van der Waals surface area contributed by atoms with Crippen molar-refractivity contribution in [2.24, 2.45) is 0 Å². The van der Waals surface area contributed by atoms with Crippen LogP contribution in [0.25, 0.3) is 0 Å². The SMILES string of the molecule is CC(C)(C)OC(=O)N[C@H](CF)CCO. The van der Waals surface area contributed by atoms with Gasteiger partial charge in [-0.25, -0.2) is 9.18 Å². The lowest BCUT2D eigenvalue weighted by Crippen LogP contribution is -2.40. The summed E-state index contributed by atoms with van der Waals surface area (Å²) in [7, 11) is 0. The van der Waals surface area contributed by atoms with Gasteiger partial charge < -0.3 is 15.2 Å². The quantitative estimate of drug-likeness (QED) is 0.729. The molecule has 1 atom stereocenters. The minimum atomic E-state index is -0.709. The molecule has 0 radical (unpaired) electrons. The van der Waals surface area contributed by atoms with E-state index in [1.165, 1.54) is 0 Å². The molecular weight excluding hydrogens is 189 g/mol. The maximum absolute atomic E-state index is 12.3. The van der Waals surface area contributed by atoms with Crippen molar-refractivity contribution in [3.8, 4) is 0 Å². The normalized spacial score (nSPS) is 13.5. The molecule has 0 aromatic carbocycles. The standard InChI is InChI=1S/C9H18FNO3/c1-9(2,3)14-8(13)11-7(6-10)4-5-12/h7,12H,4-6H2,1-3H3,(H,11,13)/t7-/m0/s1. The molecule has 0 aliphatic rings. The smallest absolute Gasteiger partial charge is 0.407 e. The van der Waals surface area contributed by atoms with Crippen molar-refractivity contribution >= 4 is 6.09 Å². The molecule has 5 heteroatoms. The average molecular weight is 207 g/mol. The molecule has 0 aromatic rings. The largest absolute Gasteiger partial charge is 0.444 e. The molecule has 0 aliphatic heterocycles. The summed E-state index contributed by atoms with van der Waals surface area (Å²) in [5.41, 5.74) is -0.593. The minimum Gasteiger partial charge on any atom is -0.444 e. The first-order valence-electron chi connectivity index (χ1n) is 4.55. The number of rotatable bonds is 4. The van der Waals surface area contributed by atoms with Crippen molar-refractivity contribution in [2.45, 2.75) is 38.8 Å². The van der Waals surface area contributed by atoms with Crippen LogP contribution in [0.5, 0.6) is 0 Å². The summed E-state index contributed by atoms with van der Waals surface area (Å²) in [6, 6.07) is -0.671. The Labute approximate surface area is 83.4 Å². The second kappa shape index (κ2) is 5.80. The highest BCUT2D eigenvalue weighted by Gasteiger charge is 2.18. The van der Waals surface area contributed by atoms with Gasteiger partial charge in [0.1, 0.15) is 12.3 Å². The number of ether oxygens (including phenoxy) is 1. The van der Waals surface area contributed by atoms with Crippen LogP contribution in [-0.2, 0) is 4.74 Å². The van der Waals surface area contributed by atoms with E-state index >= 15 is 0 Å². The molecule has 0 bridgehead atoms. The van der Waals surface area contributed by atoms with Gasteiger partial charge in [-0.15, -0.1) is 0 Å². The first-order chi connectivity index (χ1) is 6.39. The zero-order valence-corrected chi connectivity index (χ0v) is 8.84. The number of alkyl halides is 1. The third-order valence-corrected chi connectivity index (χ3v) is 1.38. The zero-order chi connectivity index (χ0) is 11.2. The van der Waals surface area contributed by atoms with Gasteiger partial charge in [0.2, 0.25) is 0 Å². The topological polar surface area (TPSA) is 58.6 Å². The van der Waals surface area contributed by atoms with E-state index in [1.807, 2.05) is 0 Å². The number of amides is 1. The van der Waals surface area contributed by atoms with Crippen molar-refractivity contribution in [3.05, 3.63) is 0 Å². The van der Waals surface area contributed by atoms with Crippen molar-refractivity contribution in [2.75, 3.05) is 13.3 Å². The number of aliphatic hydroxyl groups excluding tert-OH is 1. The fourth-order valence-corrected chi connectivity index (χ4v) is 0.818. The van der Waals surface area contributed by atoms with Crippen LogP contribution in [0.1, 0.15) is 27.2 Å². The molecule has 0 saturated heterocycles. The van der Waals surface area contributed by atoms with E-state index in [-0.39, 0.29) is 13.0 Å². The van der Waals surface area contributed by atoms with Gasteiger partial charge in [0.25, 0.3) is 0 Å². The Morgan fingerprint density at radius 2 is 2.14 bits per heavy atom. The minimum absolute atomic E-state index is 0.162. The Hall–Kier alpha value is -0.840. The van der Waals surface area contributed by atoms with Crippen molar-refractivity contribution < 1.29 is 19.0 Å². The van der Waals surface area contributed by atoms with Gasteiger partial charge in [0.15, 0.2) is 0 Å². The highest BCUT2D eigenvalue weighted by Crippen LogP contribution is 2.07. The van der Waals surface area contributed by atoms with Crippen LogP contribution in [0.2, 0.25) is 0 Å². The Bertz CT molecular complexity index is 179. The molecular formula is C9H18FNO3. The summed E-state index contributed by atoms with van der Waals surface area (Å²) in [5, 5.41) is 10.9. The number of halogens is 1. The molecule has 0 aliphatic carbocycles. The lowest BCUT2D eigenvalue weighted by molar-refractivity contribution is 0.0488. The fourth-order valence-electron chi connectivity index (χ4n) is 0.818. The summed E-state index contributed by atoms with van der Waals surface area (Å²) in [6.07, 6.45) is -0.468. The number of aliphatic hydroxyl groups is 1. The van der Waals surface area contributed by atoms with E-state index in [0.29, 0.717) is 0 Å². The lowest BCUT2D eigenvalue weighted by atomic mass is 10.2. The van der Waals surface area contributed by atoms with Gasteiger partial charge in [0, 0.05) is 6.61 Å². The molecule has 0 spiro atoms. The molecule has 2 N–H and O–H groups in total. The number of hydrogen-bond donors (Lipinski definition) is 2. The summed E-state index contributed by atoms with van der Waals surface area (Å²) >= 11 is 0. The number of alkyl carbamates (subject to hydrolysis) is 1. The number of nitrogens with one attached hydrogen (secondary N) is 1. The second-order valence-corrected chi connectivity index (χ2v) is 4.01. The van der Waals surface area contributed by atoms with Crippen LogP contribution in [0, 0.1) is 0 Å². The Morgan fingerprint density at radius 3 is 2.50 bits per heavy atom. The van der Waals surface area contributed by atoms with Crippen LogP contribution in [0.15, 0.2) is 0 Å². The van der Waals surface area contributed by atoms with E-state index in [9.17, 15) is 9.18 Å². The molecule has 0 fully saturated rings. The van der Waals surface area contributed by atoms with Gasteiger partial charge in [-0.1, -0.05) is 0 Å². The van der Waals surface area contributed by atoms with Gasteiger partial charge in [-0.05, 0) is 27.2 Å². The van der Waals surface area contributed by atoms with E-state index in [4.69, 9.17) is 9.84 Å². The van der Waals surface area contributed by atoms with Crippen molar-refractivity contribution in [1.29, 1.82) is 0 Å². The predicted molar refractivity (Wildman–Crippen MR) is 50.8 cm³/mol. The molecule has 14 heavy (non-hydrogen) atoms. The molecule has 0 saturated carbocycles. The van der Waals surface area contributed by atoms with Crippen LogP contribution in [-0.4, -0.2) is 36.1 Å². The highest BCUT2D eigenvalue weighted by molar-refractivity contribution is 5.68. The third-order valence-electron chi connectivity index (χ3n) is 1.38.